The molecule has 7 nitrogen and oxygen atoms in total. The predicted octanol–water partition coefficient (Wildman–Crippen LogP) is 4.20. The number of nitrogens with zero attached hydrogens (tertiary/aromatic N) is 3. The van der Waals surface area contributed by atoms with Crippen LogP contribution in [0.25, 0.3) is 16.9 Å². The molecule has 0 aliphatic heterocycles. The smallest absolute Gasteiger partial charge is 0.465 e. The van der Waals surface area contributed by atoms with Gasteiger partial charge in [-0.2, -0.15) is 0 Å². The first kappa shape index (κ1) is 19.1. The van der Waals surface area contributed by atoms with Gasteiger partial charge in [-0.05, 0) is 12.1 Å². The molecule has 0 aliphatic rings. The summed E-state index contributed by atoms with van der Waals surface area (Å²) in [6.07, 6.45) is -4.43. The van der Waals surface area contributed by atoms with Gasteiger partial charge in [-0.1, -0.05) is 0 Å². The van der Waals surface area contributed by atoms with Gasteiger partial charge in [-0.25, -0.2) is 18.3 Å². The van der Waals surface area contributed by atoms with E-state index in [9.17, 15) is 26.7 Å². The first-order chi connectivity index (χ1) is 13.1. The third-order valence-electron chi connectivity index (χ3n) is 3.28. The number of hydrogen-bond acceptors (Lipinski definition) is 4. The Hall–Kier alpha value is -3.70. The van der Waals surface area contributed by atoms with Crippen LogP contribution in [0.2, 0.25) is 0 Å². The van der Waals surface area contributed by atoms with Gasteiger partial charge in [0.15, 0.2) is 5.82 Å². The number of halogens is 5. The quantitative estimate of drug-likeness (QED) is 0.641. The van der Waals surface area contributed by atoms with Crippen LogP contribution in [0.4, 0.5) is 32.6 Å². The summed E-state index contributed by atoms with van der Waals surface area (Å²) in [5.74, 6) is -2.85. The summed E-state index contributed by atoms with van der Waals surface area (Å²) >= 11 is 0. The molecule has 1 amide bonds. The Morgan fingerprint density at radius 2 is 1.82 bits per heavy atom. The van der Waals surface area contributed by atoms with E-state index in [1.165, 1.54) is 6.20 Å². The van der Waals surface area contributed by atoms with Crippen molar-refractivity contribution < 1.29 is 36.6 Å². The van der Waals surface area contributed by atoms with E-state index < -0.39 is 29.8 Å². The highest BCUT2D eigenvalue weighted by atomic mass is 19.4. The highest BCUT2D eigenvalue weighted by Gasteiger charge is 2.31. The maximum atomic E-state index is 13.8. The predicted molar refractivity (Wildman–Crippen MR) is 85.0 cm³/mol. The summed E-state index contributed by atoms with van der Waals surface area (Å²) < 4.78 is 69.4. The van der Waals surface area contributed by atoms with Crippen molar-refractivity contribution >= 4 is 11.9 Å². The second kappa shape index (κ2) is 7.13. The average molecular weight is 400 g/mol. The molecule has 28 heavy (non-hydrogen) atoms. The number of carbonyl (C=O) groups is 1. The fourth-order valence-electron chi connectivity index (χ4n) is 2.37. The van der Waals surface area contributed by atoms with Crippen molar-refractivity contribution in [3.05, 3.63) is 54.4 Å². The maximum Gasteiger partial charge on any atom is 0.573 e. The normalized spacial score (nSPS) is 11.3. The molecule has 0 fully saturated rings. The number of hydrogen-bond donors (Lipinski definition) is 2. The van der Waals surface area contributed by atoms with E-state index in [2.05, 4.69) is 14.8 Å². The fourth-order valence-corrected chi connectivity index (χ4v) is 2.37. The lowest BCUT2D eigenvalue weighted by Gasteiger charge is -2.11. The minimum absolute atomic E-state index is 0.0241. The molecular formula is C16H9F5N4O3. The Labute approximate surface area is 153 Å². The maximum absolute atomic E-state index is 13.8. The van der Waals surface area contributed by atoms with Crippen molar-refractivity contribution in [2.24, 2.45) is 0 Å². The molecule has 0 spiro atoms. The van der Waals surface area contributed by atoms with Crippen molar-refractivity contribution in [3.8, 4) is 22.7 Å². The fraction of sp³-hybridized carbons (Fsp3) is 0.0625. The van der Waals surface area contributed by atoms with Gasteiger partial charge in [0.05, 0.1) is 23.8 Å². The van der Waals surface area contributed by atoms with E-state index in [0.29, 0.717) is 6.07 Å². The molecule has 2 N–H and O–H groups in total. The number of amides is 1. The van der Waals surface area contributed by atoms with Gasteiger partial charge in [0, 0.05) is 23.8 Å². The van der Waals surface area contributed by atoms with Gasteiger partial charge in [-0.3, -0.25) is 10.3 Å². The van der Waals surface area contributed by atoms with Crippen molar-refractivity contribution in [1.82, 2.24) is 14.8 Å². The molecule has 146 valence electrons. The lowest BCUT2D eigenvalue weighted by Crippen LogP contribution is -2.17. The summed E-state index contributed by atoms with van der Waals surface area (Å²) in [7, 11) is 0. The van der Waals surface area contributed by atoms with Crippen molar-refractivity contribution in [3.63, 3.8) is 0 Å². The van der Waals surface area contributed by atoms with E-state index in [1.54, 1.807) is 0 Å². The molecule has 3 aromatic rings. The van der Waals surface area contributed by atoms with Crippen molar-refractivity contribution in [2.75, 3.05) is 5.32 Å². The van der Waals surface area contributed by atoms with Gasteiger partial charge in [0.2, 0.25) is 0 Å². The van der Waals surface area contributed by atoms with Gasteiger partial charge < -0.3 is 9.84 Å². The number of aromatic nitrogens is 3. The van der Waals surface area contributed by atoms with Gasteiger partial charge in [0.1, 0.15) is 17.4 Å². The molecule has 1 aromatic carbocycles. The molecule has 12 heteroatoms. The number of alkyl halides is 3. The van der Waals surface area contributed by atoms with E-state index in [0.717, 1.165) is 35.1 Å². The van der Waals surface area contributed by atoms with Crippen LogP contribution in [-0.2, 0) is 0 Å². The molecule has 0 saturated heterocycles. The molecule has 0 radical (unpaired) electrons. The molecule has 3 rings (SSSR count). The van der Waals surface area contributed by atoms with Crippen LogP contribution < -0.4 is 10.1 Å². The third-order valence-corrected chi connectivity index (χ3v) is 3.28. The summed E-state index contributed by atoms with van der Waals surface area (Å²) in [5.41, 5.74) is -0.145. The third kappa shape index (κ3) is 4.52. The first-order valence-corrected chi connectivity index (χ1v) is 7.38. The Morgan fingerprint density at radius 1 is 1.07 bits per heavy atom. The van der Waals surface area contributed by atoms with E-state index in [-0.39, 0.29) is 22.8 Å². The molecule has 0 unspecified atom stereocenters. The molecule has 0 bridgehead atoms. The standard InChI is InChI=1S/C16H9F5N4O3/c17-9-1-8(2-12(4-9)28-16(19,20)21)13-5-14(23-15(26)27)24-25(13)11-3-10(18)6-22-7-11/h1-7H,(H,23,24)(H,26,27). The number of anilines is 1. The van der Waals surface area contributed by atoms with Crippen LogP contribution in [0.5, 0.6) is 5.75 Å². The molecule has 2 heterocycles. The Balaban J connectivity index is 2.15. The summed E-state index contributed by atoms with van der Waals surface area (Å²) in [4.78, 5) is 14.5. The molecule has 0 aliphatic carbocycles. The molecule has 0 atom stereocenters. The number of rotatable bonds is 4. The number of carboxylic acid groups (broad SMARTS) is 1. The number of pyridine rings is 1. The minimum Gasteiger partial charge on any atom is -0.465 e. The van der Waals surface area contributed by atoms with Crippen molar-refractivity contribution in [1.29, 1.82) is 0 Å². The zero-order valence-electron chi connectivity index (χ0n) is 13.5. The molecule has 0 saturated carbocycles. The van der Waals surface area contributed by atoms with Crippen LogP contribution in [0.15, 0.2) is 42.7 Å². The highest BCUT2D eigenvalue weighted by Crippen LogP contribution is 2.32. The second-order valence-corrected chi connectivity index (χ2v) is 5.34. The van der Waals surface area contributed by atoms with Crippen LogP contribution in [-0.4, -0.2) is 32.3 Å². The van der Waals surface area contributed by atoms with E-state index in [1.807, 2.05) is 5.32 Å². The largest absolute Gasteiger partial charge is 0.573 e. The van der Waals surface area contributed by atoms with Crippen molar-refractivity contribution in [2.45, 2.75) is 6.36 Å². The number of benzene rings is 1. The van der Waals surface area contributed by atoms with E-state index >= 15 is 0 Å². The Kier molecular flexibility index (Phi) is 4.86. The lowest BCUT2D eigenvalue weighted by molar-refractivity contribution is -0.274. The number of ether oxygens (including phenoxy) is 1. The SMILES string of the molecule is O=C(O)Nc1cc(-c2cc(F)cc(OC(F)(F)F)c2)n(-c2cncc(F)c2)n1. The average Bonchev–Trinajstić information content (AvgIpc) is 2.95. The van der Waals surface area contributed by atoms with Gasteiger partial charge in [0.25, 0.3) is 0 Å². The Bertz CT molecular complexity index is 1040. The van der Waals surface area contributed by atoms with Gasteiger partial charge in [-0.15, -0.1) is 18.3 Å². The molecule has 2 aromatic heterocycles. The second-order valence-electron chi connectivity index (χ2n) is 5.34. The summed E-state index contributed by atoms with van der Waals surface area (Å²) in [6.45, 7) is 0. The van der Waals surface area contributed by atoms with E-state index in [4.69, 9.17) is 5.11 Å². The monoisotopic (exact) mass is 400 g/mol. The van der Waals surface area contributed by atoms with Crippen LogP contribution in [0.3, 0.4) is 0 Å². The lowest BCUT2D eigenvalue weighted by atomic mass is 10.1. The zero-order chi connectivity index (χ0) is 20.5. The molecular weight excluding hydrogens is 391 g/mol. The summed E-state index contributed by atoms with van der Waals surface area (Å²) in [6, 6.07) is 4.42. The highest BCUT2D eigenvalue weighted by molar-refractivity contribution is 5.83. The Morgan fingerprint density at radius 3 is 2.46 bits per heavy atom. The topological polar surface area (TPSA) is 89.3 Å². The zero-order valence-corrected chi connectivity index (χ0v) is 13.5. The van der Waals surface area contributed by atoms with Crippen LogP contribution in [0.1, 0.15) is 0 Å². The van der Waals surface area contributed by atoms with Crippen LogP contribution >= 0.6 is 0 Å². The van der Waals surface area contributed by atoms with Gasteiger partial charge >= 0.3 is 12.5 Å². The minimum atomic E-state index is -5.05. The van der Waals surface area contributed by atoms with Crippen LogP contribution in [0, 0.1) is 11.6 Å². The summed E-state index contributed by atoms with van der Waals surface area (Å²) in [5, 5.41) is 14.7. The first-order valence-electron chi connectivity index (χ1n) is 7.38. The number of nitrogens with one attached hydrogen (secondary N) is 1.